The standard InChI is InChI=1S/C17H21NO2/c1-17(2,3)20-16-11-7-14(8-12-16)18-13-5-9-15(19-4)10-6-13/h5-12,18H,1-4H3. The lowest BCUT2D eigenvalue weighted by Crippen LogP contribution is -2.22. The maximum atomic E-state index is 5.79. The summed E-state index contributed by atoms with van der Waals surface area (Å²) in [6.45, 7) is 6.11. The predicted molar refractivity (Wildman–Crippen MR) is 83.1 cm³/mol. The zero-order valence-electron chi connectivity index (χ0n) is 12.4. The average Bonchev–Trinajstić information content (AvgIpc) is 2.40. The van der Waals surface area contributed by atoms with Crippen LogP contribution >= 0.6 is 0 Å². The van der Waals surface area contributed by atoms with Gasteiger partial charge in [-0.2, -0.15) is 0 Å². The first-order valence-electron chi connectivity index (χ1n) is 6.66. The molecule has 2 rings (SSSR count). The van der Waals surface area contributed by atoms with Crippen molar-refractivity contribution >= 4 is 11.4 Å². The highest BCUT2D eigenvalue weighted by atomic mass is 16.5. The van der Waals surface area contributed by atoms with Crippen LogP contribution in [-0.4, -0.2) is 12.7 Å². The molecule has 3 heteroatoms. The Morgan fingerprint density at radius 2 is 1.20 bits per heavy atom. The van der Waals surface area contributed by atoms with E-state index in [2.05, 4.69) is 5.32 Å². The van der Waals surface area contributed by atoms with Gasteiger partial charge >= 0.3 is 0 Å². The summed E-state index contributed by atoms with van der Waals surface area (Å²) in [5.41, 5.74) is 1.87. The van der Waals surface area contributed by atoms with E-state index >= 15 is 0 Å². The van der Waals surface area contributed by atoms with Crippen LogP contribution in [0.1, 0.15) is 20.8 Å². The minimum atomic E-state index is -0.176. The van der Waals surface area contributed by atoms with Crippen LogP contribution in [-0.2, 0) is 0 Å². The highest BCUT2D eigenvalue weighted by Gasteiger charge is 2.11. The van der Waals surface area contributed by atoms with Gasteiger partial charge < -0.3 is 14.8 Å². The number of benzene rings is 2. The van der Waals surface area contributed by atoms with Gasteiger partial charge in [-0.15, -0.1) is 0 Å². The Morgan fingerprint density at radius 1 is 0.750 bits per heavy atom. The molecular formula is C17H21NO2. The van der Waals surface area contributed by atoms with E-state index in [1.165, 1.54) is 0 Å². The SMILES string of the molecule is COc1ccc(Nc2ccc(OC(C)(C)C)cc2)cc1. The lowest BCUT2D eigenvalue weighted by molar-refractivity contribution is 0.131. The Balaban J connectivity index is 2.02. The number of hydrogen-bond donors (Lipinski definition) is 1. The molecule has 0 heterocycles. The summed E-state index contributed by atoms with van der Waals surface area (Å²) in [7, 11) is 1.66. The Hall–Kier alpha value is -2.16. The van der Waals surface area contributed by atoms with E-state index in [0.717, 1.165) is 22.9 Å². The van der Waals surface area contributed by atoms with E-state index in [-0.39, 0.29) is 5.60 Å². The molecule has 0 radical (unpaired) electrons. The summed E-state index contributed by atoms with van der Waals surface area (Å²) in [5, 5.41) is 3.33. The quantitative estimate of drug-likeness (QED) is 0.880. The fourth-order valence-electron chi connectivity index (χ4n) is 1.80. The van der Waals surface area contributed by atoms with Crippen LogP contribution in [0.15, 0.2) is 48.5 Å². The topological polar surface area (TPSA) is 30.5 Å². The molecule has 0 spiro atoms. The molecule has 0 fully saturated rings. The van der Waals surface area contributed by atoms with E-state index in [0.29, 0.717) is 0 Å². The first-order chi connectivity index (χ1) is 9.46. The lowest BCUT2D eigenvalue weighted by atomic mass is 10.2. The second-order valence-corrected chi connectivity index (χ2v) is 5.59. The maximum absolute atomic E-state index is 5.79. The molecule has 1 N–H and O–H groups in total. The normalized spacial score (nSPS) is 11.0. The molecule has 0 amide bonds. The third-order valence-electron chi connectivity index (χ3n) is 2.66. The monoisotopic (exact) mass is 271 g/mol. The van der Waals surface area contributed by atoms with Crippen LogP contribution < -0.4 is 14.8 Å². The molecule has 2 aromatic rings. The van der Waals surface area contributed by atoms with Gasteiger partial charge in [0.1, 0.15) is 17.1 Å². The van der Waals surface area contributed by atoms with Gasteiger partial charge in [0, 0.05) is 11.4 Å². The minimum absolute atomic E-state index is 0.176. The molecular weight excluding hydrogens is 250 g/mol. The smallest absolute Gasteiger partial charge is 0.120 e. The van der Waals surface area contributed by atoms with Crippen molar-refractivity contribution in [3.63, 3.8) is 0 Å². The number of anilines is 2. The van der Waals surface area contributed by atoms with Crippen molar-refractivity contribution < 1.29 is 9.47 Å². The van der Waals surface area contributed by atoms with Gasteiger partial charge in [0.15, 0.2) is 0 Å². The molecule has 3 nitrogen and oxygen atoms in total. The third kappa shape index (κ3) is 4.19. The Kier molecular flexibility index (Phi) is 4.18. The number of ether oxygens (including phenoxy) is 2. The molecule has 0 aliphatic heterocycles. The van der Waals surface area contributed by atoms with Gasteiger partial charge in [-0.05, 0) is 69.3 Å². The van der Waals surface area contributed by atoms with Gasteiger partial charge in [0.25, 0.3) is 0 Å². The van der Waals surface area contributed by atoms with Gasteiger partial charge in [0.05, 0.1) is 7.11 Å². The third-order valence-corrected chi connectivity index (χ3v) is 2.66. The van der Waals surface area contributed by atoms with Crippen molar-refractivity contribution in [3.8, 4) is 11.5 Å². The van der Waals surface area contributed by atoms with E-state index in [1.54, 1.807) is 7.11 Å². The number of rotatable bonds is 4. The number of nitrogens with one attached hydrogen (secondary N) is 1. The molecule has 20 heavy (non-hydrogen) atoms. The molecule has 106 valence electrons. The Labute approximate surface area is 120 Å². The van der Waals surface area contributed by atoms with Gasteiger partial charge in [0.2, 0.25) is 0 Å². The Bertz CT molecular complexity index is 539. The largest absolute Gasteiger partial charge is 0.497 e. The van der Waals surface area contributed by atoms with E-state index in [1.807, 2.05) is 69.3 Å². The van der Waals surface area contributed by atoms with Crippen molar-refractivity contribution in [2.75, 3.05) is 12.4 Å². The minimum Gasteiger partial charge on any atom is -0.497 e. The first-order valence-corrected chi connectivity index (χ1v) is 6.66. The average molecular weight is 271 g/mol. The fraction of sp³-hybridized carbons (Fsp3) is 0.294. The molecule has 0 saturated carbocycles. The molecule has 0 bridgehead atoms. The zero-order valence-corrected chi connectivity index (χ0v) is 12.4. The van der Waals surface area contributed by atoms with Crippen LogP contribution in [0.25, 0.3) is 0 Å². The van der Waals surface area contributed by atoms with Crippen molar-refractivity contribution in [1.29, 1.82) is 0 Å². The van der Waals surface area contributed by atoms with Crippen LogP contribution in [0.3, 0.4) is 0 Å². The summed E-state index contributed by atoms with van der Waals surface area (Å²) in [5.74, 6) is 1.72. The second kappa shape index (κ2) is 5.87. The second-order valence-electron chi connectivity index (χ2n) is 5.59. The van der Waals surface area contributed by atoms with E-state index < -0.39 is 0 Å². The highest BCUT2D eigenvalue weighted by molar-refractivity contribution is 5.61. The molecule has 0 atom stereocenters. The maximum Gasteiger partial charge on any atom is 0.120 e. The predicted octanol–water partition coefficient (Wildman–Crippen LogP) is 4.62. The van der Waals surface area contributed by atoms with Gasteiger partial charge in [-0.3, -0.25) is 0 Å². The molecule has 0 aromatic heterocycles. The van der Waals surface area contributed by atoms with Crippen LogP contribution in [0.5, 0.6) is 11.5 Å². The van der Waals surface area contributed by atoms with Crippen LogP contribution in [0, 0.1) is 0 Å². The fourth-order valence-corrected chi connectivity index (χ4v) is 1.80. The summed E-state index contributed by atoms with van der Waals surface area (Å²) >= 11 is 0. The molecule has 0 aliphatic carbocycles. The molecule has 2 aromatic carbocycles. The lowest BCUT2D eigenvalue weighted by Gasteiger charge is -2.21. The van der Waals surface area contributed by atoms with Crippen molar-refractivity contribution in [3.05, 3.63) is 48.5 Å². The van der Waals surface area contributed by atoms with Crippen molar-refractivity contribution in [2.45, 2.75) is 26.4 Å². The highest BCUT2D eigenvalue weighted by Crippen LogP contribution is 2.23. The summed E-state index contributed by atoms with van der Waals surface area (Å²) in [6.07, 6.45) is 0. The zero-order chi connectivity index (χ0) is 14.6. The summed E-state index contributed by atoms with van der Waals surface area (Å²) in [6, 6.07) is 15.8. The van der Waals surface area contributed by atoms with Gasteiger partial charge in [-0.1, -0.05) is 0 Å². The van der Waals surface area contributed by atoms with E-state index in [9.17, 15) is 0 Å². The van der Waals surface area contributed by atoms with Crippen LogP contribution in [0.2, 0.25) is 0 Å². The summed E-state index contributed by atoms with van der Waals surface area (Å²) in [4.78, 5) is 0. The van der Waals surface area contributed by atoms with Gasteiger partial charge in [-0.25, -0.2) is 0 Å². The molecule has 0 aliphatic rings. The number of methoxy groups -OCH3 is 1. The van der Waals surface area contributed by atoms with Crippen molar-refractivity contribution in [2.24, 2.45) is 0 Å². The molecule has 0 unspecified atom stereocenters. The number of hydrogen-bond acceptors (Lipinski definition) is 3. The molecule has 0 saturated heterocycles. The Morgan fingerprint density at radius 3 is 1.60 bits per heavy atom. The first kappa shape index (κ1) is 14.3. The van der Waals surface area contributed by atoms with Crippen molar-refractivity contribution in [1.82, 2.24) is 0 Å². The van der Waals surface area contributed by atoms with E-state index in [4.69, 9.17) is 9.47 Å². The van der Waals surface area contributed by atoms with Crippen LogP contribution in [0.4, 0.5) is 11.4 Å². The summed E-state index contributed by atoms with van der Waals surface area (Å²) < 4.78 is 10.9.